The molecule has 5 nitrogen and oxygen atoms in total. The quantitative estimate of drug-likeness (QED) is 0.882. The highest BCUT2D eigenvalue weighted by molar-refractivity contribution is 5.96. The molecule has 21 heavy (non-hydrogen) atoms. The van der Waals surface area contributed by atoms with Gasteiger partial charge in [-0.25, -0.2) is 0 Å². The number of anilines is 1. The molecule has 5 heteroatoms. The van der Waals surface area contributed by atoms with E-state index in [1.165, 1.54) is 0 Å². The van der Waals surface area contributed by atoms with Crippen LogP contribution in [0.1, 0.15) is 30.3 Å². The van der Waals surface area contributed by atoms with Crippen LogP contribution in [-0.4, -0.2) is 36.6 Å². The van der Waals surface area contributed by atoms with E-state index < -0.39 is 0 Å². The van der Waals surface area contributed by atoms with E-state index >= 15 is 0 Å². The van der Waals surface area contributed by atoms with Gasteiger partial charge >= 0.3 is 0 Å². The third-order valence-corrected chi connectivity index (χ3v) is 3.82. The van der Waals surface area contributed by atoms with E-state index in [-0.39, 0.29) is 12.0 Å². The largest absolute Gasteiger partial charge is 0.451 e. The van der Waals surface area contributed by atoms with Crippen LogP contribution >= 0.6 is 0 Å². The number of nitrogens with two attached hydrogens (primary N) is 1. The standard InChI is InChI=1S/C16H20N2O3/c1-2-20-13-4-3-7-18(10-13)16(19)15-9-11-8-12(17)5-6-14(11)21-15/h5-6,8-9,13H,2-4,7,10,17H2,1H3. The molecular formula is C16H20N2O3. The van der Waals surface area contributed by atoms with Crippen molar-refractivity contribution in [3.63, 3.8) is 0 Å². The Bertz CT molecular complexity index is 648. The molecule has 112 valence electrons. The average molecular weight is 288 g/mol. The first-order chi connectivity index (χ1) is 10.2. The molecule has 0 spiro atoms. The lowest BCUT2D eigenvalue weighted by Crippen LogP contribution is -2.43. The van der Waals surface area contributed by atoms with Crippen molar-refractivity contribution in [2.45, 2.75) is 25.9 Å². The van der Waals surface area contributed by atoms with Crippen LogP contribution in [0.2, 0.25) is 0 Å². The van der Waals surface area contributed by atoms with Gasteiger partial charge in [0.25, 0.3) is 5.91 Å². The van der Waals surface area contributed by atoms with Crippen molar-refractivity contribution in [2.75, 3.05) is 25.4 Å². The number of nitrogens with zero attached hydrogens (tertiary/aromatic N) is 1. The van der Waals surface area contributed by atoms with E-state index in [4.69, 9.17) is 14.9 Å². The molecule has 1 saturated heterocycles. The summed E-state index contributed by atoms with van der Waals surface area (Å²) in [4.78, 5) is 14.4. The fraction of sp³-hybridized carbons (Fsp3) is 0.438. The number of ether oxygens (including phenoxy) is 1. The molecule has 1 amide bonds. The molecule has 1 aliphatic rings. The molecule has 1 unspecified atom stereocenters. The number of furan rings is 1. The molecular weight excluding hydrogens is 268 g/mol. The second-order valence-electron chi connectivity index (χ2n) is 5.38. The van der Waals surface area contributed by atoms with Crippen molar-refractivity contribution >= 4 is 22.6 Å². The number of carbonyl (C=O) groups is 1. The topological polar surface area (TPSA) is 68.7 Å². The van der Waals surface area contributed by atoms with Gasteiger partial charge in [0.2, 0.25) is 0 Å². The summed E-state index contributed by atoms with van der Waals surface area (Å²) >= 11 is 0. The highest BCUT2D eigenvalue weighted by atomic mass is 16.5. The van der Waals surface area contributed by atoms with E-state index in [1.807, 2.05) is 17.9 Å². The van der Waals surface area contributed by atoms with Crippen molar-refractivity contribution in [1.29, 1.82) is 0 Å². The van der Waals surface area contributed by atoms with E-state index in [2.05, 4.69) is 0 Å². The number of likely N-dealkylation sites (tertiary alicyclic amines) is 1. The molecule has 3 rings (SSSR count). The van der Waals surface area contributed by atoms with Gasteiger partial charge in [0.15, 0.2) is 5.76 Å². The lowest BCUT2D eigenvalue weighted by molar-refractivity contribution is 0.00624. The Balaban J connectivity index is 1.79. The third kappa shape index (κ3) is 2.88. The number of fused-ring (bicyclic) bond motifs is 1. The zero-order valence-electron chi connectivity index (χ0n) is 12.2. The van der Waals surface area contributed by atoms with Crippen LogP contribution in [0.5, 0.6) is 0 Å². The van der Waals surface area contributed by atoms with Crippen LogP contribution < -0.4 is 5.73 Å². The number of benzene rings is 1. The summed E-state index contributed by atoms with van der Waals surface area (Å²) < 4.78 is 11.3. The fourth-order valence-corrected chi connectivity index (χ4v) is 2.82. The van der Waals surface area contributed by atoms with E-state index in [1.54, 1.807) is 18.2 Å². The fourth-order valence-electron chi connectivity index (χ4n) is 2.82. The number of hydrogen-bond acceptors (Lipinski definition) is 4. The number of hydrogen-bond donors (Lipinski definition) is 1. The Labute approximate surface area is 123 Å². The zero-order chi connectivity index (χ0) is 14.8. The maximum atomic E-state index is 12.5. The molecule has 1 aromatic heterocycles. The molecule has 0 radical (unpaired) electrons. The van der Waals surface area contributed by atoms with Crippen molar-refractivity contribution in [3.8, 4) is 0 Å². The van der Waals surface area contributed by atoms with E-state index in [0.717, 1.165) is 24.8 Å². The Morgan fingerprint density at radius 1 is 1.48 bits per heavy atom. The van der Waals surface area contributed by atoms with Crippen LogP contribution in [0, 0.1) is 0 Å². The minimum absolute atomic E-state index is 0.0748. The molecule has 1 aliphatic heterocycles. The second kappa shape index (κ2) is 5.77. The van der Waals surface area contributed by atoms with Gasteiger partial charge in [-0.15, -0.1) is 0 Å². The first-order valence-corrected chi connectivity index (χ1v) is 7.37. The first kappa shape index (κ1) is 13.9. The maximum Gasteiger partial charge on any atom is 0.289 e. The summed E-state index contributed by atoms with van der Waals surface area (Å²) in [6.07, 6.45) is 2.10. The van der Waals surface area contributed by atoms with Crippen molar-refractivity contribution in [3.05, 3.63) is 30.0 Å². The summed E-state index contributed by atoms with van der Waals surface area (Å²) in [6.45, 7) is 4.04. The van der Waals surface area contributed by atoms with Gasteiger partial charge in [0.1, 0.15) is 5.58 Å². The number of nitrogen functional groups attached to an aromatic ring is 1. The molecule has 0 bridgehead atoms. The third-order valence-electron chi connectivity index (χ3n) is 3.82. The molecule has 2 aromatic rings. The van der Waals surface area contributed by atoms with Crippen LogP contribution in [0.4, 0.5) is 5.69 Å². The molecule has 2 N–H and O–H groups in total. The van der Waals surface area contributed by atoms with Crippen LogP contribution in [0.15, 0.2) is 28.7 Å². The highest BCUT2D eigenvalue weighted by Gasteiger charge is 2.26. The monoisotopic (exact) mass is 288 g/mol. The minimum Gasteiger partial charge on any atom is -0.451 e. The SMILES string of the molecule is CCOC1CCCN(C(=O)c2cc3cc(N)ccc3o2)C1. The minimum atomic E-state index is -0.0748. The van der Waals surface area contributed by atoms with Crippen molar-refractivity contribution < 1.29 is 13.9 Å². The van der Waals surface area contributed by atoms with Gasteiger partial charge in [-0.3, -0.25) is 4.79 Å². The predicted octanol–water partition coefficient (Wildman–Crippen LogP) is 2.66. The lowest BCUT2D eigenvalue weighted by atomic mass is 10.1. The molecule has 0 saturated carbocycles. The van der Waals surface area contributed by atoms with Gasteiger partial charge in [0, 0.05) is 30.8 Å². The van der Waals surface area contributed by atoms with Gasteiger partial charge < -0.3 is 19.8 Å². The van der Waals surface area contributed by atoms with Crippen molar-refractivity contribution in [2.24, 2.45) is 0 Å². The van der Waals surface area contributed by atoms with Gasteiger partial charge in [-0.05, 0) is 44.0 Å². The molecule has 2 heterocycles. The predicted molar refractivity (Wildman–Crippen MR) is 81.2 cm³/mol. The smallest absolute Gasteiger partial charge is 0.289 e. The first-order valence-electron chi connectivity index (χ1n) is 7.37. The lowest BCUT2D eigenvalue weighted by Gasteiger charge is -2.31. The summed E-state index contributed by atoms with van der Waals surface area (Å²) in [5.41, 5.74) is 7.10. The summed E-state index contributed by atoms with van der Waals surface area (Å²) in [5.74, 6) is 0.293. The number of amides is 1. The Hall–Kier alpha value is -2.01. The number of piperidine rings is 1. The van der Waals surface area contributed by atoms with Gasteiger partial charge in [-0.2, -0.15) is 0 Å². The average Bonchev–Trinajstić information content (AvgIpc) is 2.90. The van der Waals surface area contributed by atoms with Crippen LogP contribution in [-0.2, 0) is 4.74 Å². The van der Waals surface area contributed by atoms with Gasteiger partial charge in [-0.1, -0.05) is 0 Å². The summed E-state index contributed by atoms with van der Waals surface area (Å²) in [7, 11) is 0. The van der Waals surface area contributed by atoms with Crippen LogP contribution in [0.25, 0.3) is 11.0 Å². The molecule has 0 aliphatic carbocycles. The normalized spacial score (nSPS) is 19.1. The Kier molecular flexibility index (Phi) is 3.84. The summed E-state index contributed by atoms with van der Waals surface area (Å²) in [6, 6.07) is 7.14. The van der Waals surface area contributed by atoms with E-state index in [9.17, 15) is 4.79 Å². The zero-order valence-corrected chi connectivity index (χ0v) is 12.2. The number of rotatable bonds is 3. The van der Waals surface area contributed by atoms with Crippen molar-refractivity contribution in [1.82, 2.24) is 4.90 Å². The second-order valence-corrected chi connectivity index (χ2v) is 5.38. The molecule has 1 aromatic carbocycles. The Morgan fingerprint density at radius 2 is 2.33 bits per heavy atom. The van der Waals surface area contributed by atoms with E-state index in [0.29, 0.717) is 30.2 Å². The Morgan fingerprint density at radius 3 is 3.14 bits per heavy atom. The molecule has 1 fully saturated rings. The molecule has 1 atom stereocenters. The van der Waals surface area contributed by atoms with Gasteiger partial charge in [0.05, 0.1) is 6.10 Å². The van der Waals surface area contributed by atoms with Crippen LogP contribution in [0.3, 0.4) is 0 Å². The maximum absolute atomic E-state index is 12.5. The number of carbonyl (C=O) groups excluding carboxylic acids is 1. The summed E-state index contributed by atoms with van der Waals surface area (Å²) in [5, 5.41) is 0.858. The highest BCUT2D eigenvalue weighted by Crippen LogP contribution is 2.24.